The monoisotopic (exact) mass is 316 g/mol. The van der Waals surface area contributed by atoms with Crippen LogP contribution in [-0.2, 0) is 14.3 Å². The number of hydrogen-bond acceptors (Lipinski definition) is 5. The summed E-state index contributed by atoms with van der Waals surface area (Å²) in [6.45, 7) is -0.442. The van der Waals surface area contributed by atoms with Crippen LogP contribution in [0.2, 0.25) is 0 Å². The second-order valence-corrected chi connectivity index (χ2v) is 5.82. The summed E-state index contributed by atoms with van der Waals surface area (Å²) in [7, 11) is 0. The van der Waals surface area contributed by atoms with Crippen molar-refractivity contribution in [1.29, 1.82) is 0 Å². The number of allylic oxidation sites excluding steroid dienone is 2. The number of carbonyl (C=O) groups excluding carboxylic acids is 2. The fraction of sp³-hybridized carbons (Fsp3) is 0.375. The standard InChI is InChI=1S/C16H16N2O5/c19-15(17-13-3-1-2-4-14(13)18(21)22)9-23-16(20)12-8-10-5-6-11(12)7-10/h1-6,10-12H,7-9H2,(H,17,19)/t10-,11-,12+/m0/s1. The number of esters is 1. The first-order valence-corrected chi connectivity index (χ1v) is 7.43. The van der Waals surface area contributed by atoms with Crippen molar-refractivity contribution in [2.75, 3.05) is 11.9 Å². The summed E-state index contributed by atoms with van der Waals surface area (Å²) >= 11 is 0. The quantitative estimate of drug-likeness (QED) is 0.389. The predicted molar refractivity (Wildman–Crippen MR) is 81.5 cm³/mol. The fourth-order valence-corrected chi connectivity index (χ4v) is 3.22. The molecule has 1 fully saturated rings. The molecule has 7 nitrogen and oxygen atoms in total. The van der Waals surface area contributed by atoms with Crippen LogP contribution in [0.5, 0.6) is 0 Å². The maximum Gasteiger partial charge on any atom is 0.310 e. The summed E-state index contributed by atoms with van der Waals surface area (Å²) in [6, 6.07) is 5.81. The second-order valence-electron chi connectivity index (χ2n) is 5.82. The number of nitrogens with one attached hydrogen (secondary N) is 1. The Balaban J connectivity index is 1.53. The van der Waals surface area contributed by atoms with Crippen LogP contribution in [0.1, 0.15) is 12.8 Å². The highest BCUT2D eigenvalue weighted by atomic mass is 16.6. The molecule has 0 saturated heterocycles. The van der Waals surface area contributed by atoms with E-state index in [0.717, 1.165) is 12.8 Å². The molecule has 1 aromatic rings. The molecular formula is C16H16N2O5. The first-order chi connectivity index (χ1) is 11.0. The van der Waals surface area contributed by atoms with E-state index in [1.54, 1.807) is 6.07 Å². The highest BCUT2D eigenvalue weighted by Gasteiger charge is 2.40. The third-order valence-electron chi connectivity index (χ3n) is 4.30. The minimum Gasteiger partial charge on any atom is -0.455 e. The summed E-state index contributed by atoms with van der Waals surface area (Å²) in [5.74, 6) is -0.487. The lowest BCUT2D eigenvalue weighted by Gasteiger charge is -2.16. The van der Waals surface area contributed by atoms with Gasteiger partial charge in [-0.15, -0.1) is 0 Å². The zero-order valence-corrected chi connectivity index (χ0v) is 12.3. The molecule has 0 spiro atoms. The molecule has 3 rings (SSSR count). The van der Waals surface area contributed by atoms with E-state index in [1.165, 1.54) is 18.2 Å². The molecule has 2 bridgehead atoms. The second kappa shape index (κ2) is 6.20. The molecule has 23 heavy (non-hydrogen) atoms. The van der Waals surface area contributed by atoms with E-state index in [1.807, 2.05) is 6.08 Å². The number of rotatable bonds is 5. The van der Waals surface area contributed by atoms with E-state index in [9.17, 15) is 19.7 Å². The number of nitro groups is 1. The minimum absolute atomic E-state index is 0.0846. The minimum atomic E-state index is -0.591. The largest absolute Gasteiger partial charge is 0.455 e. The lowest BCUT2D eigenvalue weighted by Crippen LogP contribution is -2.26. The van der Waals surface area contributed by atoms with Crippen LogP contribution in [0, 0.1) is 27.9 Å². The lowest BCUT2D eigenvalue weighted by molar-refractivity contribution is -0.383. The molecule has 2 aliphatic rings. The number of hydrogen-bond donors (Lipinski definition) is 1. The van der Waals surface area contributed by atoms with Gasteiger partial charge in [0.25, 0.3) is 11.6 Å². The highest BCUT2D eigenvalue weighted by molar-refractivity contribution is 5.94. The Morgan fingerprint density at radius 3 is 2.70 bits per heavy atom. The van der Waals surface area contributed by atoms with E-state index in [4.69, 9.17) is 4.74 Å². The molecule has 1 N–H and O–H groups in total. The van der Waals surface area contributed by atoms with Crippen molar-refractivity contribution in [2.24, 2.45) is 17.8 Å². The predicted octanol–water partition coefficient (Wildman–Crippen LogP) is 2.29. The Bertz CT molecular complexity index is 685. The number of fused-ring (bicyclic) bond motifs is 2. The van der Waals surface area contributed by atoms with E-state index in [2.05, 4.69) is 11.4 Å². The van der Waals surface area contributed by atoms with Gasteiger partial charge in [0.15, 0.2) is 6.61 Å². The van der Waals surface area contributed by atoms with Crippen LogP contribution >= 0.6 is 0 Å². The summed E-state index contributed by atoms with van der Waals surface area (Å²) in [5.41, 5.74) is -0.119. The Hall–Kier alpha value is -2.70. The van der Waals surface area contributed by atoms with E-state index < -0.39 is 17.4 Å². The van der Waals surface area contributed by atoms with Crippen molar-refractivity contribution in [2.45, 2.75) is 12.8 Å². The number of ether oxygens (including phenoxy) is 1. The van der Waals surface area contributed by atoms with Gasteiger partial charge in [-0.3, -0.25) is 19.7 Å². The molecule has 0 unspecified atom stereocenters. The first kappa shape index (κ1) is 15.2. The normalized spacial score (nSPS) is 24.4. The number of nitro benzene ring substituents is 1. The van der Waals surface area contributed by atoms with Gasteiger partial charge in [-0.1, -0.05) is 24.3 Å². The zero-order valence-electron chi connectivity index (χ0n) is 12.3. The Morgan fingerprint density at radius 1 is 1.26 bits per heavy atom. The Labute approximate surface area is 132 Å². The molecular weight excluding hydrogens is 300 g/mol. The SMILES string of the molecule is O=C(COC(=O)[C@@H]1C[C@H]2C=C[C@H]1C2)Nc1ccccc1[N+](=O)[O-]. The fourth-order valence-electron chi connectivity index (χ4n) is 3.22. The number of carbonyl (C=O) groups is 2. The molecule has 1 aromatic carbocycles. The molecule has 2 aliphatic carbocycles. The van der Waals surface area contributed by atoms with Crippen molar-refractivity contribution in [3.8, 4) is 0 Å². The van der Waals surface area contributed by atoms with E-state index in [0.29, 0.717) is 5.92 Å². The van der Waals surface area contributed by atoms with E-state index in [-0.39, 0.29) is 29.2 Å². The van der Waals surface area contributed by atoms with Crippen molar-refractivity contribution < 1.29 is 19.2 Å². The smallest absolute Gasteiger partial charge is 0.310 e. The Morgan fingerprint density at radius 2 is 2.04 bits per heavy atom. The highest BCUT2D eigenvalue weighted by Crippen LogP contribution is 2.43. The van der Waals surface area contributed by atoms with Gasteiger partial charge >= 0.3 is 5.97 Å². The molecule has 0 aliphatic heterocycles. The summed E-state index contributed by atoms with van der Waals surface area (Å²) < 4.78 is 5.06. The number of anilines is 1. The molecule has 7 heteroatoms. The number of para-hydroxylation sites is 2. The molecule has 0 radical (unpaired) electrons. The summed E-state index contributed by atoms with van der Waals surface area (Å²) in [6.07, 6.45) is 5.90. The van der Waals surface area contributed by atoms with Crippen molar-refractivity contribution in [1.82, 2.24) is 0 Å². The van der Waals surface area contributed by atoms with Crippen LogP contribution in [-0.4, -0.2) is 23.4 Å². The van der Waals surface area contributed by atoms with Crippen LogP contribution < -0.4 is 5.32 Å². The average molecular weight is 316 g/mol. The number of amides is 1. The summed E-state index contributed by atoms with van der Waals surface area (Å²) in [5, 5.41) is 13.3. The lowest BCUT2D eigenvalue weighted by atomic mass is 9.94. The molecule has 120 valence electrons. The molecule has 0 aromatic heterocycles. The van der Waals surface area contributed by atoms with Crippen LogP contribution in [0.25, 0.3) is 0 Å². The number of benzene rings is 1. The van der Waals surface area contributed by atoms with E-state index >= 15 is 0 Å². The molecule has 3 atom stereocenters. The van der Waals surface area contributed by atoms with Gasteiger partial charge in [-0.2, -0.15) is 0 Å². The average Bonchev–Trinajstić information content (AvgIpc) is 3.16. The van der Waals surface area contributed by atoms with Gasteiger partial charge in [-0.05, 0) is 30.7 Å². The first-order valence-electron chi connectivity index (χ1n) is 7.43. The molecule has 0 heterocycles. The van der Waals surface area contributed by atoms with Crippen molar-refractivity contribution in [3.05, 3.63) is 46.5 Å². The summed E-state index contributed by atoms with van der Waals surface area (Å²) in [4.78, 5) is 34.2. The third kappa shape index (κ3) is 3.23. The third-order valence-corrected chi connectivity index (χ3v) is 4.30. The molecule has 1 amide bonds. The van der Waals surface area contributed by atoms with Gasteiger partial charge in [0, 0.05) is 6.07 Å². The molecule has 1 saturated carbocycles. The van der Waals surface area contributed by atoms with Gasteiger partial charge in [0.1, 0.15) is 5.69 Å². The van der Waals surface area contributed by atoms with Crippen LogP contribution in [0.3, 0.4) is 0 Å². The number of nitrogens with zero attached hydrogens (tertiary/aromatic N) is 1. The Kier molecular flexibility index (Phi) is 4.10. The van der Waals surface area contributed by atoms with Gasteiger partial charge in [0.05, 0.1) is 10.8 Å². The van der Waals surface area contributed by atoms with Gasteiger partial charge in [-0.25, -0.2) is 0 Å². The van der Waals surface area contributed by atoms with Crippen LogP contribution in [0.15, 0.2) is 36.4 Å². The maximum absolute atomic E-state index is 12.0. The van der Waals surface area contributed by atoms with Crippen molar-refractivity contribution >= 4 is 23.3 Å². The zero-order chi connectivity index (χ0) is 16.4. The van der Waals surface area contributed by atoms with Gasteiger partial charge < -0.3 is 10.1 Å². The maximum atomic E-state index is 12.0. The van der Waals surface area contributed by atoms with Crippen LogP contribution in [0.4, 0.5) is 11.4 Å². The van der Waals surface area contributed by atoms with Gasteiger partial charge in [0.2, 0.25) is 0 Å². The topological polar surface area (TPSA) is 98.5 Å². The van der Waals surface area contributed by atoms with Crippen molar-refractivity contribution in [3.63, 3.8) is 0 Å².